The second-order valence-electron chi connectivity index (χ2n) is 5.31. The lowest BCUT2D eigenvalue weighted by molar-refractivity contribution is 0.0931. The molecule has 6 nitrogen and oxygen atoms in total. The summed E-state index contributed by atoms with van der Waals surface area (Å²) < 4.78 is 0. The van der Waals surface area contributed by atoms with Crippen LogP contribution in [0.3, 0.4) is 0 Å². The molecule has 2 aromatic rings. The molecule has 3 rings (SSSR count). The fourth-order valence-electron chi connectivity index (χ4n) is 2.88. The number of carbonyl (C=O) groups excluding carboxylic acids is 1. The summed E-state index contributed by atoms with van der Waals surface area (Å²) in [6, 6.07) is 7.31. The van der Waals surface area contributed by atoms with Crippen LogP contribution in [0.4, 0.5) is 5.82 Å². The van der Waals surface area contributed by atoms with E-state index in [-0.39, 0.29) is 35.9 Å². The smallest absolute Gasteiger partial charge is 0.270 e. The first-order chi connectivity index (χ1) is 10.6. The van der Waals surface area contributed by atoms with E-state index >= 15 is 0 Å². The number of benzene rings is 1. The van der Waals surface area contributed by atoms with Crippen LogP contribution in [0, 0.1) is 18.3 Å². The van der Waals surface area contributed by atoms with Crippen molar-refractivity contribution in [2.45, 2.75) is 25.8 Å². The molecule has 118 valence electrons. The third-order valence-electron chi connectivity index (χ3n) is 4.04. The van der Waals surface area contributed by atoms with Crippen molar-refractivity contribution < 1.29 is 4.79 Å². The molecule has 0 radical (unpaired) electrons. The Morgan fingerprint density at radius 3 is 2.91 bits per heavy atom. The Hall–Kier alpha value is -2.65. The molecule has 3 N–H and O–H groups in total. The lowest BCUT2D eigenvalue weighted by atomic mass is 9.98. The maximum atomic E-state index is 12.3. The van der Waals surface area contributed by atoms with Gasteiger partial charge in [0.1, 0.15) is 17.8 Å². The molecule has 0 aliphatic heterocycles. The Morgan fingerprint density at radius 2 is 2.22 bits per heavy atom. The number of nitrogens with zero attached hydrogens (tertiary/aromatic N) is 3. The number of nitrogen functional groups attached to an aromatic ring is 1. The SMILES string of the molecule is Cc1c(C#N)ccc2c1CC[C@@H]2NC(=O)c1cc(N)ncn1.Cl. The lowest BCUT2D eigenvalue weighted by Gasteiger charge is -2.14. The van der Waals surface area contributed by atoms with Crippen LogP contribution in [0.5, 0.6) is 0 Å². The van der Waals surface area contributed by atoms with Crippen molar-refractivity contribution in [1.82, 2.24) is 15.3 Å². The Kier molecular flexibility index (Phi) is 4.82. The van der Waals surface area contributed by atoms with Crippen LogP contribution in [0.1, 0.15) is 45.2 Å². The van der Waals surface area contributed by atoms with Crippen molar-refractivity contribution >= 4 is 24.1 Å². The monoisotopic (exact) mass is 329 g/mol. The molecule has 1 heterocycles. The molecule has 0 fully saturated rings. The largest absolute Gasteiger partial charge is 0.384 e. The van der Waals surface area contributed by atoms with Gasteiger partial charge in [-0.1, -0.05) is 6.07 Å². The number of hydrogen-bond donors (Lipinski definition) is 2. The second-order valence-corrected chi connectivity index (χ2v) is 5.31. The number of hydrogen-bond acceptors (Lipinski definition) is 5. The molecule has 1 aromatic heterocycles. The van der Waals surface area contributed by atoms with Crippen molar-refractivity contribution in [1.29, 1.82) is 5.26 Å². The number of nitriles is 1. The maximum Gasteiger partial charge on any atom is 0.270 e. The molecule has 23 heavy (non-hydrogen) atoms. The minimum absolute atomic E-state index is 0. The normalized spacial score (nSPS) is 15.2. The first-order valence-electron chi connectivity index (χ1n) is 7.01. The van der Waals surface area contributed by atoms with Crippen LogP contribution in [0.15, 0.2) is 24.5 Å². The number of anilines is 1. The average Bonchev–Trinajstić information content (AvgIpc) is 2.91. The van der Waals surface area contributed by atoms with Crippen LogP contribution in [-0.4, -0.2) is 15.9 Å². The van der Waals surface area contributed by atoms with Crippen molar-refractivity contribution in [2.75, 3.05) is 5.73 Å². The van der Waals surface area contributed by atoms with Crippen molar-refractivity contribution in [3.8, 4) is 6.07 Å². The van der Waals surface area contributed by atoms with Gasteiger partial charge in [-0.05, 0) is 42.5 Å². The highest BCUT2D eigenvalue weighted by molar-refractivity contribution is 5.93. The molecule has 1 amide bonds. The van der Waals surface area contributed by atoms with Crippen LogP contribution < -0.4 is 11.1 Å². The Bertz CT molecular complexity index is 800. The number of aromatic nitrogens is 2. The van der Waals surface area contributed by atoms with Crippen LogP contribution >= 0.6 is 12.4 Å². The van der Waals surface area contributed by atoms with Gasteiger partial charge in [0.05, 0.1) is 17.7 Å². The molecular formula is C16H16ClN5O. The van der Waals surface area contributed by atoms with E-state index < -0.39 is 0 Å². The molecule has 1 aromatic carbocycles. The van der Waals surface area contributed by atoms with E-state index in [1.807, 2.05) is 13.0 Å². The second kappa shape index (κ2) is 6.63. The number of fused-ring (bicyclic) bond motifs is 1. The van der Waals surface area contributed by atoms with Gasteiger partial charge >= 0.3 is 0 Å². The number of nitrogens with one attached hydrogen (secondary N) is 1. The number of rotatable bonds is 2. The van der Waals surface area contributed by atoms with Gasteiger partial charge in [-0.3, -0.25) is 4.79 Å². The minimum Gasteiger partial charge on any atom is -0.384 e. The quantitative estimate of drug-likeness (QED) is 0.877. The van der Waals surface area contributed by atoms with Gasteiger partial charge in [0.25, 0.3) is 5.91 Å². The summed E-state index contributed by atoms with van der Waals surface area (Å²) in [5.74, 6) is -0.00422. The van der Waals surface area contributed by atoms with Crippen molar-refractivity contribution in [2.24, 2.45) is 0 Å². The highest BCUT2D eigenvalue weighted by Crippen LogP contribution is 2.34. The summed E-state index contributed by atoms with van der Waals surface area (Å²) in [5, 5.41) is 12.1. The van der Waals surface area contributed by atoms with Gasteiger partial charge in [0, 0.05) is 6.07 Å². The molecule has 0 saturated carbocycles. The summed E-state index contributed by atoms with van der Waals surface area (Å²) in [7, 11) is 0. The third kappa shape index (κ3) is 3.10. The van der Waals surface area contributed by atoms with Crippen molar-refractivity contribution in [3.63, 3.8) is 0 Å². The minimum atomic E-state index is -0.269. The van der Waals surface area contributed by atoms with E-state index in [2.05, 4.69) is 21.4 Å². The number of nitrogens with two attached hydrogens (primary N) is 1. The first kappa shape index (κ1) is 16.7. The Balaban J connectivity index is 0.00000192. The fourth-order valence-corrected chi connectivity index (χ4v) is 2.88. The van der Waals surface area contributed by atoms with Gasteiger partial charge in [0.2, 0.25) is 0 Å². The van der Waals surface area contributed by atoms with Crippen LogP contribution in [-0.2, 0) is 6.42 Å². The molecule has 0 unspecified atom stereocenters. The van der Waals surface area contributed by atoms with Gasteiger partial charge in [-0.25, -0.2) is 9.97 Å². The molecular weight excluding hydrogens is 314 g/mol. The molecule has 1 atom stereocenters. The topological polar surface area (TPSA) is 105 Å². The number of carbonyl (C=O) groups is 1. The predicted molar refractivity (Wildman–Crippen MR) is 88.1 cm³/mol. The van der Waals surface area contributed by atoms with Crippen molar-refractivity contribution in [3.05, 3.63) is 52.5 Å². The van der Waals surface area contributed by atoms with E-state index in [0.29, 0.717) is 5.56 Å². The zero-order valence-electron chi connectivity index (χ0n) is 12.5. The number of halogens is 1. The summed E-state index contributed by atoms with van der Waals surface area (Å²) in [4.78, 5) is 20.0. The van der Waals surface area contributed by atoms with E-state index in [1.54, 1.807) is 6.07 Å². The Labute approximate surface area is 140 Å². The fraction of sp³-hybridized carbons (Fsp3) is 0.250. The Morgan fingerprint density at radius 1 is 1.43 bits per heavy atom. The maximum absolute atomic E-state index is 12.3. The molecule has 0 saturated heterocycles. The third-order valence-corrected chi connectivity index (χ3v) is 4.04. The van der Waals surface area contributed by atoms with Crippen LogP contribution in [0.25, 0.3) is 0 Å². The zero-order chi connectivity index (χ0) is 15.7. The standard InChI is InChI=1S/C16H15N5O.ClH/c1-9-10(7-17)2-3-12-11(9)4-5-13(12)21-16(22)14-6-15(18)20-8-19-14;/h2-3,6,8,13H,4-5H2,1H3,(H,21,22)(H2,18,19,20);1H/t13-;/m0./s1. The molecule has 0 bridgehead atoms. The van der Waals surface area contributed by atoms with Gasteiger partial charge in [-0.2, -0.15) is 5.26 Å². The highest BCUT2D eigenvalue weighted by Gasteiger charge is 2.26. The van der Waals surface area contributed by atoms with E-state index in [0.717, 1.165) is 29.5 Å². The van der Waals surface area contributed by atoms with E-state index in [1.165, 1.54) is 12.4 Å². The van der Waals surface area contributed by atoms with E-state index in [4.69, 9.17) is 11.0 Å². The molecule has 1 aliphatic rings. The molecule has 7 heteroatoms. The summed E-state index contributed by atoms with van der Waals surface area (Å²) in [6.45, 7) is 1.95. The molecule has 1 aliphatic carbocycles. The van der Waals surface area contributed by atoms with Gasteiger partial charge < -0.3 is 11.1 Å². The summed E-state index contributed by atoms with van der Waals surface area (Å²) >= 11 is 0. The predicted octanol–water partition coefficient (Wildman–Crippen LogP) is 2.08. The zero-order valence-corrected chi connectivity index (χ0v) is 13.4. The van der Waals surface area contributed by atoms with Gasteiger partial charge in [-0.15, -0.1) is 12.4 Å². The number of amides is 1. The van der Waals surface area contributed by atoms with Gasteiger partial charge in [0.15, 0.2) is 0 Å². The summed E-state index contributed by atoms with van der Waals surface area (Å²) in [5.41, 5.74) is 9.75. The first-order valence-corrected chi connectivity index (χ1v) is 7.01. The van der Waals surface area contributed by atoms with Crippen LogP contribution in [0.2, 0.25) is 0 Å². The van der Waals surface area contributed by atoms with E-state index in [9.17, 15) is 4.79 Å². The average molecular weight is 330 g/mol. The lowest BCUT2D eigenvalue weighted by Crippen LogP contribution is -2.28. The highest BCUT2D eigenvalue weighted by atomic mass is 35.5. The summed E-state index contributed by atoms with van der Waals surface area (Å²) in [6.07, 6.45) is 2.95. The molecule has 0 spiro atoms.